The summed E-state index contributed by atoms with van der Waals surface area (Å²) in [4.78, 5) is -1.33. The molecule has 3 aromatic carbocycles. The summed E-state index contributed by atoms with van der Waals surface area (Å²) in [6.07, 6.45) is 0. The molecule has 0 atom stereocenters. The van der Waals surface area contributed by atoms with Gasteiger partial charge in [-0.3, -0.25) is 0 Å². The fraction of sp³-hybridized carbons (Fsp3) is 0. The molecule has 136 valence electrons. The Bertz CT molecular complexity index is 946. The van der Waals surface area contributed by atoms with Crippen LogP contribution in [0.4, 0.5) is 15.5 Å². The van der Waals surface area contributed by atoms with Crippen LogP contribution in [0.15, 0.2) is 95.2 Å². The number of hydrogen-bond donors (Lipinski definition) is 0. The molecule has 0 aromatic heterocycles. The summed E-state index contributed by atoms with van der Waals surface area (Å²) >= 11 is 5.78. The lowest BCUT2D eigenvalue weighted by Crippen LogP contribution is -2.10. The van der Waals surface area contributed by atoms with Crippen LogP contribution in [0.5, 0.6) is 0 Å². The van der Waals surface area contributed by atoms with Gasteiger partial charge in [0.2, 0.25) is 9.84 Å². The molecule has 3 aromatic rings. The molecule has 0 fully saturated rings. The molecule has 0 spiro atoms. The van der Waals surface area contributed by atoms with Crippen LogP contribution in [0.1, 0.15) is 5.56 Å². The number of rotatable bonds is 4. The van der Waals surface area contributed by atoms with Crippen molar-refractivity contribution in [3.8, 4) is 11.1 Å². The standard InChI is InChI=1S/C20H15ClF4S/c21-20(18-9-5-2-6-10-18)15-26(22,23,24,25)19-13-11-17(12-14-19)16-7-3-1-4-8-16/h1-15H/b20-15+. The quantitative estimate of drug-likeness (QED) is 0.387. The lowest BCUT2D eigenvalue weighted by molar-refractivity contribution is 0.466. The van der Waals surface area contributed by atoms with Crippen LogP contribution in [0.2, 0.25) is 0 Å². The van der Waals surface area contributed by atoms with Gasteiger partial charge in [-0.2, -0.15) is 0 Å². The minimum atomic E-state index is -8.68. The van der Waals surface area contributed by atoms with Crippen LogP contribution in [-0.4, -0.2) is 0 Å². The average molecular weight is 399 g/mol. The van der Waals surface area contributed by atoms with E-state index in [0.717, 1.165) is 17.7 Å². The van der Waals surface area contributed by atoms with E-state index in [9.17, 15) is 15.5 Å². The van der Waals surface area contributed by atoms with Crippen molar-refractivity contribution in [1.29, 1.82) is 0 Å². The van der Waals surface area contributed by atoms with Crippen LogP contribution in [-0.2, 0) is 0 Å². The number of halogens is 5. The topological polar surface area (TPSA) is 0 Å². The second kappa shape index (κ2) is 5.89. The van der Waals surface area contributed by atoms with E-state index in [4.69, 9.17) is 11.6 Å². The Morgan fingerprint density at radius 2 is 1.12 bits per heavy atom. The smallest absolute Gasteiger partial charge is 0.117 e. The molecule has 0 aliphatic rings. The Morgan fingerprint density at radius 3 is 1.65 bits per heavy atom. The highest BCUT2D eigenvalue weighted by molar-refractivity contribution is 8.52. The lowest BCUT2D eigenvalue weighted by atomic mass is 10.1. The maximum atomic E-state index is 14.6. The van der Waals surface area contributed by atoms with Crippen LogP contribution in [0.25, 0.3) is 16.2 Å². The van der Waals surface area contributed by atoms with Crippen molar-refractivity contribution in [2.24, 2.45) is 0 Å². The third-order valence-corrected chi connectivity index (χ3v) is 6.27. The van der Waals surface area contributed by atoms with Crippen LogP contribution >= 0.6 is 21.4 Å². The maximum Gasteiger partial charge on any atom is 0.205 e. The predicted octanol–water partition coefficient (Wildman–Crippen LogP) is 8.36. The third kappa shape index (κ3) is 3.94. The molecule has 0 unspecified atom stereocenters. The first-order valence-corrected chi connectivity index (χ1v) is 10.2. The molecule has 3 rings (SSSR count). The lowest BCUT2D eigenvalue weighted by Gasteiger charge is -2.47. The van der Waals surface area contributed by atoms with Gasteiger partial charge in [0, 0.05) is 0 Å². The van der Waals surface area contributed by atoms with E-state index in [-0.39, 0.29) is 11.0 Å². The second-order valence-corrected chi connectivity index (χ2v) is 9.23. The van der Waals surface area contributed by atoms with Gasteiger partial charge in [0.25, 0.3) is 0 Å². The number of hydrogen-bond acceptors (Lipinski definition) is 0. The Kier molecular flexibility index (Phi) is 4.20. The molecule has 0 amide bonds. The first kappa shape index (κ1) is 18.5. The van der Waals surface area contributed by atoms with Crippen molar-refractivity contribution >= 4 is 26.5 Å². The van der Waals surface area contributed by atoms with Crippen molar-refractivity contribution in [2.45, 2.75) is 4.90 Å². The van der Waals surface area contributed by atoms with Crippen molar-refractivity contribution in [3.05, 3.63) is 95.9 Å². The fourth-order valence-electron chi connectivity index (χ4n) is 2.50. The molecular formula is C20H15ClF4S. The summed E-state index contributed by atoms with van der Waals surface area (Å²) in [5, 5.41) is -1.07. The van der Waals surface area contributed by atoms with E-state index in [2.05, 4.69) is 0 Å². The Hall–Kier alpha value is -2.24. The Morgan fingerprint density at radius 1 is 0.654 bits per heavy atom. The highest BCUT2D eigenvalue weighted by atomic mass is 35.5. The van der Waals surface area contributed by atoms with Crippen LogP contribution in [0.3, 0.4) is 0 Å². The van der Waals surface area contributed by atoms with Gasteiger partial charge in [0.1, 0.15) is 0 Å². The molecule has 0 N–H and O–H groups in total. The molecular weight excluding hydrogens is 384 g/mol. The Labute approximate surface area is 154 Å². The Balaban J connectivity index is 2.04. The monoisotopic (exact) mass is 398 g/mol. The molecule has 0 aliphatic carbocycles. The molecule has 26 heavy (non-hydrogen) atoms. The molecule has 0 heterocycles. The van der Waals surface area contributed by atoms with Gasteiger partial charge in [-0.15, -0.1) is 15.5 Å². The van der Waals surface area contributed by atoms with E-state index >= 15 is 0 Å². The molecule has 6 heteroatoms. The molecule has 0 aliphatic heterocycles. The highest BCUT2D eigenvalue weighted by Crippen LogP contribution is 3.02. The summed E-state index contributed by atoms with van der Waals surface area (Å²) in [7, 11) is -8.68. The highest BCUT2D eigenvalue weighted by Gasteiger charge is 2.62. The van der Waals surface area contributed by atoms with Gasteiger partial charge in [-0.25, -0.2) is 0 Å². The fourth-order valence-corrected chi connectivity index (χ4v) is 4.56. The van der Waals surface area contributed by atoms with Gasteiger partial charge in [0.05, 0.1) is 15.3 Å². The summed E-state index contributed by atoms with van der Waals surface area (Å²) in [6.45, 7) is 0. The van der Waals surface area contributed by atoms with Crippen molar-refractivity contribution in [2.75, 3.05) is 0 Å². The summed E-state index contributed by atoms with van der Waals surface area (Å²) < 4.78 is 58.5. The van der Waals surface area contributed by atoms with Gasteiger partial charge < -0.3 is 0 Å². The van der Waals surface area contributed by atoms with Gasteiger partial charge in [0.15, 0.2) is 0 Å². The average Bonchev–Trinajstić information content (AvgIpc) is 2.62. The van der Waals surface area contributed by atoms with E-state index in [0.29, 0.717) is 5.56 Å². The van der Waals surface area contributed by atoms with E-state index in [1.165, 1.54) is 36.4 Å². The first-order valence-electron chi connectivity index (χ1n) is 7.68. The third-order valence-electron chi connectivity index (χ3n) is 3.84. The largest absolute Gasteiger partial charge is 0.205 e. The zero-order valence-electron chi connectivity index (χ0n) is 13.5. The first-order chi connectivity index (χ1) is 12.1. The molecule has 0 saturated carbocycles. The van der Waals surface area contributed by atoms with Crippen LogP contribution in [0, 0.1) is 0 Å². The summed E-state index contributed by atoms with van der Waals surface area (Å²) in [5.74, 6) is 0. The van der Waals surface area contributed by atoms with Crippen LogP contribution < -0.4 is 0 Å². The van der Waals surface area contributed by atoms with Gasteiger partial charge in [-0.05, 0) is 28.8 Å². The van der Waals surface area contributed by atoms with E-state index < -0.39 is 19.8 Å². The maximum absolute atomic E-state index is 14.6. The SMILES string of the molecule is FS(F)(F)(F)(/C=C(/Cl)c1ccccc1)c1ccc(-c2ccccc2)cc1. The molecule has 0 nitrogen and oxygen atoms in total. The minimum Gasteiger partial charge on any atom is -0.117 e. The zero-order valence-corrected chi connectivity index (χ0v) is 15.0. The summed E-state index contributed by atoms with van der Waals surface area (Å²) in [6, 6.07) is 20.4. The second-order valence-electron chi connectivity index (χ2n) is 5.85. The number of benzene rings is 3. The molecule has 0 saturated heterocycles. The van der Waals surface area contributed by atoms with Crippen molar-refractivity contribution in [3.63, 3.8) is 0 Å². The van der Waals surface area contributed by atoms with Crippen molar-refractivity contribution < 1.29 is 15.5 Å². The molecule has 0 bridgehead atoms. The minimum absolute atomic E-state index is 0.102. The van der Waals surface area contributed by atoms with E-state index in [1.807, 2.05) is 0 Å². The van der Waals surface area contributed by atoms with Gasteiger partial charge >= 0.3 is 0 Å². The summed E-state index contributed by atoms with van der Waals surface area (Å²) in [5.41, 5.74) is 1.42. The predicted molar refractivity (Wildman–Crippen MR) is 102 cm³/mol. The molecule has 0 radical (unpaired) electrons. The normalized spacial score (nSPS) is 15.2. The van der Waals surface area contributed by atoms with E-state index in [1.54, 1.807) is 36.4 Å². The van der Waals surface area contributed by atoms with Gasteiger partial charge in [-0.1, -0.05) is 84.4 Å². The zero-order chi connectivity index (χ0) is 18.9. The van der Waals surface area contributed by atoms with Crippen molar-refractivity contribution in [1.82, 2.24) is 0 Å².